The summed E-state index contributed by atoms with van der Waals surface area (Å²) in [6, 6.07) is 15.1. The molecule has 1 atom stereocenters. The number of thioether (sulfide) groups is 1. The van der Waals surface area contributed by atoms with E-state index in [0.717, 1.165) is 29.7 Å². The fourth-order valence-electron chi connectivity index (χ4n) is 3.99. The SMILES string of the molecule is CCCCSc1nc2n(n1)C(c1ccc(OCc3ccccc3)c(OC)c1)C(C(=O)OCC)=C(C)N2. The van der Waals surface area contributed by atoms with Crippen LogP contribution in [0.15, 0.2) is 65.0 Å². The van der Waals surface area contributed by atoms with Crippen molar-refractivity contribution in [2.75, 3.05) is 24.8 Å². The Kier molecular flexibility index (Phi) is 8.53. The van der Waals surface area contributed by atoms with Crippen molar-refractivity contribution >= 4 is 23.7 Å². The van der Waals surface area contributed by atoms with Crippen LogP contribution >= 0.6 is 11.8 Å². The zero-order valence-corrected chi connectivity index (χ0v) is 21.9. The normalized spacial score (nSPS) is 14.7. The number of carbonyl (C=O) groups excluding carboxylic acids is 1. The van der Waals surface area contributed by atoms with E-state index in [1.54, 1.807) is 30.5 Å². The van der Waals surface area contributed by atoms with Gasteiger partial charge in [-0.15, -0.1) is 5.10 Å². The molecule has 1 aliphatic heterocycles. The van der Waals surface area contributed by atoms with Gasteiger partial charge in [-0.05, 0) is 43.5 Å². The molecule has 0 spiro atoms. The zero-order valence-electron chi connectivity index (χ0n) is 21.1. The van der Waals surface area contributed by atoms with Gasteiger partial charge in [0, 0.05) is 11.4 Å². The number of aromatic nitrogens is 3. The van der Waals surface area contributed by atoms with Crippen LogP contribution < -0.4 is 14.8 Å². The van der Waals surface area contributed by atoms with Gasteiger partial charge in [0.2, 0.25) is 11.1 Å². The number of carbonyl (C=O) groups is 1. The van der Waals surface area contributed by atoms with Crippen LogP contribution in [0.5, 0.6) is 11.5 Å². The van der Waals surface area contributed by atoms with E-state index in [9.17, 15) is 4.79 Å². The van der Waals surface area contributed by atoms with Crippen LogP contribution in [0, 0.1) is 0 Å². The third-order valence-electron chi connectivity index (χ3n) is 5.80. The van der Waals surface area contributed by atoms with Gasteiger partial charge in [-0.2, -0.15) is 4.98 Å². The van der Waals surface area contributed by atoms with Crippen molar-refractivity contribution in [3.63, 3.8) is 0 Å². The summed E-state index contributed by atoms with van der Waals surface area (Å²) in [7, 11) is 1.60. The first kappa shape index (κ1) is 25.6. The third-order valence-corrected chi connectivity index (χ3v) is 6.72. The standard InChI is InChI=1S/C27H32N4O4S/c1-5-7-15-36-27-29-26-28-18(3)23(25(32)34-6-2)24(31(26)30-27)20-13-14-21(22(16-20)33-4)35-17-19-11-9-8-10-12-19/h8-14,16,24H,5-7,15,17H2,1-4H3,(H,28,29,30). The van der Waals surface area contributed by atoms with Crippen molar-refractivity contribution in [1.29, 1.82) is 0 Å². The molecule has 0 saturated carbocycles. The molecule has 0 saturated heterocycles. The molecule has 2 heterocycles. The lowest BCUT2D eigenvalue weighted by Crippen LogP contribution is -2.29. The van der Waals surface area contributed by atoms with E-state index in [2.05, 4.69) is 17.2 Å². The van der Waals surface area contributed by atoms with Gasteiger partial charge in [0.15, 0.2) is 11.5 Å². The summed E-state index contributed by atoms with van der Waals surface area (Å²) in [5.41, 5.74) is 3.05. The number of esters is 1. The molecule has 9 heteroatoms. The number of methoxy groups -OCH3 is 1. The molecule has 0 amide bonds. The Morgan fingerprint density at radius 2 is 1.94 bits per heavy atom. The molecule has 36 heavy (non-hydrogen) atoms. The minimum absolute atomic E-state index is 0.278. The quantitative estimate of drug-likeness (QED) is 0.203. The van der Waals surface area contributed by atoms with Crippen LogP contribution in [0.4, 0.5) is 5.95 Å². The molecule has 0 fully saturated rings. The van der Waals surface area contributed by atoms with E-state index in [1.807, 2.05) is 55.5 Å². The van der Waals surface area contributed by atoms with Crippen molar-refractivity contribution < 1.29 is 19.0 Å². The number of benzene rings is 2. The minimum Gasteiger partial charge on any atom is -0.493 e. The summed E-state index contributed by atoms with van der Waals surface area (Å²) in [6.07, 6.45) is 2.19. The summed E-state index contributed by atoms with van der Waals surface area (Å²) in [5.74, 6) is 2.32. The van der Waals surface area contributed by atoms with Gasteiger partial charge < -0.3 is 19.5 Å². The molecule has 0 bridgehead atoms. The fraction of sp³-hybridized carbons (Fsp3) is 0.370. The zero-order chi connectivity index (χ0) is 25.5. The first-order valence-corrected chi connectivity index (χ1v) is 13.1. The Bertz CT molecular complexity index is 1230. The van der Waals surface area contributed by atoms with Crippen LogP contribution in [0.3, 0.4) is 0 Å². The number of fused-ring (bicyclic) bond motifs is 1. The second kappa shape index (κ2) is 12.0. The van der Waals surface area contributed by atoms with E-state index in [0.29, 0.717) is 40.5 Å². The average molecular weight is 509 g/mol. The monoisotopic (exact) mass is 508 g/mol. The predicted octanol–water partition coefficient (Wildman–Crippen LogP) is 5.61. The fourth-order valence-corrected chi connectivity index (χ4v) is 4.90. The molecule has 2 aromatic carbocycles. The highest BCUT2D eigenvalue weighted by atomic mass is 32.2. The molecule has 4 rings (SSSR count). The van der Waals surface area contributed by atoms with Crippen molar-refractivity contribution in [2.24, 2.45) is 0 Å². The number of ether oxygens (including phenoxy) is 3. The van der Waals surface area contributed by atoms with Crippen LogP contribution in [0.2, 0.25) is 0 Å². The first-order valence-electron chi connectivity index (χ1n) is 12.1. The Labute approximate surface area is 216 Å². The number of allylic oxidation sites excluding steroid dienone is 1. The Hall–Kier alpha value is -3.46. The lowest BCUT2D eigenvalue weighted by molar-refractivity contribution is -0.139. The second-order valence-corrected chi connectivity index (χ2v) is 9.40. The van der Waals surface area contributed by atoms with Crippen molar-refractivity contribution in [2.45, 2.75) is 51.4 Å². The summed E-state index contributed by atoms with van der Waals surface area (Å²) < 4.78 is 18.9. The van der Waals surface area contributed by atoms with Gasteiger partial charge in [-0.25, -0.2) is 9.48 Å². The second-order valence-electron chi connectivity index (χ2n) is 8.34. The number of unbranched alkanes of at least 4 members (excludes halogenated alkanes) is 1. The Morgan fingerprint density at radius 1 is 1.14 bits per heavy atom. The summed E-state index contributed by atoms with van der Waals surface area (Å²) >= 11 is 1.61. The maximum absolute atomic E-state index is 13.1. The lowest BCUT2D eigenvalue weighted by Gasteiger charge is -2.28. The number of nitrogens with one attached hydrogen (secondary N) is 1. The maximum atomic E-state index is 13.1. The van der Waals surface area contributed by atoms with Crippen LogP contribution in [-0.4, -0.2) is 40.2 Å². The topological polar surface area (TPSA) is 87.5 Å². The molecular weight excluding hydrogens is 476 g/mol. The Morgan fingerprint density at radius 3 is 2.67 bits per heavy atom. The number of nitrogens with zero attached hydrogens (tertiary/aromatic N) is 3. The van der Waals surface area contributed by atoms with E-state index in [-0.39, 0.29) is 6.61 Å². The summed E-state index contributed by atoms with van der Waals surface area (Å²) in [6.45, 7) is 6.51. The highest BCUT2D eigenvalue weighted by Gasteiger charge is 2.35. The summed E-state index contributed by atoms with van der Waals surface area (Å²) in [4.78, 5) is 17.7. The molecular formula is C27H32N4O4S. The van der Waals surface area contributed by atoms with Crippen LogP contribution in [0.1, 0.15) is 50.8 Å². The van der Waals surface area contributed by atoms with Crippen LogP contribution in [-0.2, 0) is 16.1 Å². The number of rotatable bonds is 11. The highest BCUT2D eigenvalue weighted by Crippen LogP contribution is 2.40. The van der Waals surface area contributed by atoms with Gasteiger partial charge in [-0.1, -0.05) is 61.5 Å². The van der Waals surface area contributed by atoms with Gasteiger partial charge in [-0.3, -0.25) is 0 Å². The van der Waals surface area contributed by atoms with Gasteiger partial charge in [0.05, 0.1) is 19.3 Å². The van der Waals surface area contributed by atoms with Crippen molar-refractivity contribution in [3.8, 4) is 11.5 Å². The average Bonchev–Trinajstić information content (AvgIpc) is 3.29. The maximum Gasteiger partial charge on any atom is 0.338 e. The van der Waals surface area contributed by atoms with Gasteiger partial charge >= 0.3 is 5.97 Å². The predicted molar refractivity (Wildman–Crippen MR) is 141 cm³/mol. The third kappa shape index (κ3) is 5.67. The molecule has 0 radical (unpaired) electrons. The van der Waals surface area contributed by atoms with Crippen LogP contribution in [0.25, 0.3) is 0 Å². The smallest absolute Gasteiger partial charge is 0.338 e. The summed E-state index contributed by atoms with van der Waals surface area (Å²) in [5, 5.41) is 8.66. The molecule has 1 aromatic heterocycles. The minimum atomic E-state index is -0.523. The highest BCUT2D eigenvalue weighted by molar-refractivity contribution is 7.99. The first-order chi connectivity index (χ1) is 17.5. The molecule has 1 aliphatic rings. The number of anilines is 1. The molecule has 8 nitrogen and oxygen atoms in total. The van der Waals surface area contributed by atoms with E-state index in [1.165, 1.54) is 0 Å². The molecule has 190 valence electrons. The van der Waals surface area contributed by atoms with E-state index < -0.39 is 12.0 Å². The number of hydrogen-bond acceptors (Lipinski definition) is 8. The van der Waals surface area contributed by atoms with Gasteiger partial charge in [0.1, 0.15) is 12.6 Å². The molecule has 1 N–H and O–H groups in total. The largest absolute Gasteiger partial charge is 0.493 e. The lowest BCUT2D eigenvalue weighted by atomic mass is 9.95. The Balaban J connectivity index is 1.69. The van der Waals surface area contributed by atoms with E-state index >= 15 is 0 Å². The van der Waals surface area contributed by atoms with Crippen molar-refractivity contribution in [3.05, 3.63) is 70.9 Å². The molecule has 0 aliphatic carbocycles. The molecule has 3 aromatic rings. The van der Waals surface area contributed by atoms with Crippen molar-refractivity contribution in [1.82, 2.24) is 14.8 Å². The molecule has 1 unspecified atom stereocenters. The van der Waals surface area contributed by atoms with E-state index in [4.69, 9.17) is 19.3 Å². The number of hydrogen-bond donors (Lipinski definition) is 1. The van der Waals surface area contributed by atoms with Gasteiger partial charge in [0.25, 0.3) is 0 Å².